The fourth-order valence-electron chi connectivity index (χ4n) is 0.948. The van der Waals surface area contributed by atoms with Gasteiger partial charge in [-0.25, -0.2) is 0 Å². The fourth-order valence-corrected chi connectivity index (χ4v) is 2.39. The molecule has 0 spiro atoms. The highest BCUT2D eigenvalue weighted by molar-refractivity contribution is 14.1. The van der Waals surface area contributed by atoms with Crippen molar-refractivity contribution in [2.45, 2.75) is 6.92 Å². The number of halogens is 2. The van der Waals surface area contributed by atoms with Crippen LogP contribution >= 0.6 is 34.2 Å². The second-order valence-corrected chi connectivity index (χ2v) is 3.84. The molecule has 0 saturated heterocycles. The van der Waals surface area contributed by atoms with Crippen LogP contribution in [0.3, 0.4) is 0 Å². The van der Waals surface area contributed by atoms with Gasteiger partial charge in [0, 0.05) is 5.02 Å². The quantitative estimate of drug-likeness (QED) is 0.718. The summed E-state index contributed by atoms with van der Waals surface area (Å²) in [5.41, 5.74) is 1.07. The Morgan fingerprint density at radius 1 is 1.45 bits per heavy atom. The van der Waals surface area contributed by atoms with Crippen molar-refractivity contribution in [2.24, 2.45) is 0 Å². The zero-order chi connectivity index (χ0) is 8.43. The summed E-state index contributed by atoms with van der Waals surface area (Å²) < 4.78 is 6.22. The van der Waals surface area contributed by atoms with Crippen molar-refractivity contribution < 1.29 is 4.74 Å². The molecule has 0 radical (unpaired) electrons. The number of hydrogen-bond donors (Lipinski definition) is 0. The molecule has 0 heterocycles. The summed E-state index contributed by atoms with van der Waals surface area (Å²) in [6.45, 7) is 1.98. The van der Waals surface area contributed by atoms with Crippen molar-refractivity contribution in [3.8, 4) is 5.75 Å². The predicted octanol–water partition coefficient (Wildman–Crippen LogP) is 3.26. The molecule has 0 unspecified atom stereocenters. The molecule has 1 aromatic rings. The van der Waals surface area contributed by atoms with Crippen LogP contribution in [-0.2, 0) is 0 Å². The third-order valence-corrected chi connectivity index (χ3v) is 2.42. The number of methoxy groups -OCH3 is 1. The zero-order valence-electron chi connectivity index (χ0n) is 6.32. The van der Waals surface area contributed by atoms with Gasteiger partial charge in [0.05, 0.1) is 10.7 Å². The molecule has 0 aromatic heterocycles. The highest BCUT2D eigenvalue weighted by Gasteiger charge is 2.04. The Balaban J connectivity index is 3.25. The number of aryl methyl sites for hydroxylation is 1. The summed E-state index contributed by atoms with van der Waals surface area (Å²) in [6, 6.07) is 3.77. The molecule has 0 atom stereocenters. The lowest BCUT2D eigenvalue weighted by molar-refractivity contribution is 0.408. The Bertz CT molecular complexity index is 250. The van der Waals surface area contributed by atoms with Gasteiger partial charge in [0.25, 0.3) is 0 Å². The van der Waals surface area contributed by atoms with E-state index in [-0.39, 0.29) is 0 Å². The first-order valence-corrected chi connectivity index (χ1v) is 4.60. The van der Waals surface area contributed by atoms with E-state index in [1.165, 1.54) is 0 Å². The van der Waals surface area contributed by atoms with E-state index in [9.17, 15) is 0 Å². The summed E-state index contributed by atoms with van der Waals surface area (Å²) in [4.78, 5) is 0. The number of benzene rings is 1. The van der Waals surface area contributed by atoms with Crippen molar-refractivity contribution in [1.29, 1.82) is 0 Å². The molecule has 60 valence electrons. The number of ether oxygens (including phenoxy) is 1. The molecular formula is C8H8ClIO. The summed E-state index contributed by atoms with van der Waals surface area (Å²) in [6.07, 6.45) is 0. The lowest BCUT2D eigenvalue weighted by Crippen LogP contribution is -1.90. The fraction of sp³-hybridized carbons (Fsp3) is 0.250. The van der Waals surface area contributed by atoms with Gasteiger partial charge in [-0.05, 0) is 47.2 Å². The van der Waals surface area contributed by atoms with E-state index in [2.05, 4.69) is 22.6 Å². The number of rotatable bonds is 1. The largest absolute Gasteiger partial charge is 0.495 e. The summed E-state index contributed by atoms with van der Waals surface area (Å²) in [5.74, 6) is 0.912. The molecule has 1 nitrogen and oxygen atoms in total. The van der Waals surface area contributed by atoms with Gasteiger partial charge in [-0.1, -0.05) is 11.6 Å². The third kappa shape index (κ3) is 1.99. The van der Waals surface area contributed by atoms with E-state index in [4.69, 9.17) is 16.3 Å². The Hall–Kier alpha value is 0.0400. The zero-order valence-corrected chi connectivity index (χ0v) is 9.23. The van der Waals surface area contributed by atoms with Crippen LogP contribution in [0.2, 0.25) is 5.02 Å². The van der Waals surface area contributed by atoms with Gasteiger partial charge in [0.2, 0.25) is 0 Å². The van der Waals surface area contributed by atoms with Crippen molar-refractivity contribution in [1.82, 2.24) is 0 Å². The highest BCUT2D eigenvalue weighted by atomic mass is 127. The van der Waals surface area contributed by atoms with Crippen LogP contribution in [0.5, 0.6) is 5.75 Å². The van der Waals surface area contributed by atoms with E-state index >= 15 is 0 Å². The molecule has 0 aliphatic carbocycles. The van der Waals surface area contributed by atoms with Crippen molar-refractivity contribution in [2.75, 3.05) is 7.11 Å². The monoisotopic (exact) mass is 282 g/mol. The van der Waals surface area contributed by atoms with E-state index in [0.717, 1.165) is 19.9 Å². The van der Waals surface area contributed by atoms with E-state index in [1.807, 2.05) is 19.1 Å². The Kier molecular flexibility index (Phi) is 3.01. The molecular weight excluding hydrogens is 274 g/mol. The average Bonchev–Trinajstić information content (AvgIpc) is 1.85. The average molecular weight is 283 g/mol. The van der Waals surface area contributed by atoms with E-state index < -0.39 is 0 Å². The molecule has 11 heavy (non-hydrogen) atoms. The van der Waals surface area contributed by atoms with Crippen molar-refractivity contribution in [3.05, 3.63) is 26.3 Å². The topological polar surface area (TPSA) is 9.23 Å². The standard InChI is InChI=1S/C8H8ClIO/c1-5-3-6(9)4-7(10)8(5)11-2/h3-4H,1-2H3. The molecule has 3 heteroatoms. The third-order valence-electron chi connectivity index (χ3n) is 1.40. The molecule has 1 aromatic carbocycles. The Labute approximate surface area is 84.8 Å². The van der Waals surface area contributed by atoms with Gasteiger partial charge in [-0.15, -0.1) is 0 Å². The minimum atomic E-state index is 0.757. The predicted molar refractivity (Wildman–Crippen MR) is 55.5 cm³/mol. The van der Waals surface area contributed by atoms with Crippen LogP contribution in [0.25, 0.3) is 0 Å². The van der Waals surface area contributed by atoms with Gasteiger partial charge < -0.3 is 4.74 Å². The van der Waals surface area contributed by atoms with Crippen LogP contribution in [0.1, 0.15) is 5.56 Å². The van der Waals surface area contributed by atoms with E-state index in [1.54, 1.807) is 7.11 Å². The minimum Gasteiger partial charge on any atom is -0.495 e. The van der Waals surface area contributed by atoms with Gasteiger partial charge in [0.1, 0.15) is 5.75 Å². The van der Waals surface area contributed by atoms with Gasteiger partial charge in [-0.2, -0.15) is 0 Å². The van der Waals surface area contributed by atoms with Crippen LogP contribution in [0.4, 0.5) is 0 Å². The molecule has 0 N–H and O–H groups in total. The second kappa shape index (κ2) is 3.63. The SMILES string of the molecule is COc1c(C)cc(Cl)cc1I. The van der Waals surface area contributed by atoms with Crippen LogP contribution in [-0.4, -0.2) is 7.11 Å². The first-order valence-electron chi connectivity index (χ1n) is 3.15. The van der Waals surface area contributed by atoms with Gasteiger partial charge in [0.15, 0.2) is 0 Å². The molecule has 0 bridgehead atoms. The normalized spacial score (nSPS) is 9.82. The van der Waals surface area contributed by atoms with Gasteiger partial charge >= 0.3 is 0 Å². The van der Waals surface area contributed by atoms with E-state index in [0.29, 0.717) is 0 Å². The Morgan fingerprint density at radius 3 is 2.55 bits per heavy atom. The Morgan fingerprint density at radius 2 is 2.09 bits per heavy atom. The lowest BCUT2D eigenvalue weighted by Gasteiger charge is -2.06. The highest BCUT2D eigenvalue weighted by Crippen LogP contribution is 2.28. The van der Waals surface area contributed by atoms with Crippen molar-refractivity contribution >= 4 is 34.2 Å². The second-order valence-electron chi connectivity index (χ2n) is 2.24. The van der Waals surface area contributed by atoms with Crippen LogP contribution < -0.4 is 4.74 Å². The summed E-state index contributed by atoms with van der Waals surface area (Å²) in [5, 5.41) is 0.757. The molecule has 0 aliphatic heterocycles. The maximum absolute atomic E-state index is 5.82. The summed E-state index contributed by atoms with van der Waals surface area (Å²) in [7, 11) is 1.67. The first-order chi connectivity index (χ1) is 5.15. The minimum absolute atomic E-state index is 0.757. The smallest absolute Gasteiger partial charge is 0.135 e. The molecule has 0 amide bonds. The number of hydrogen-bond acceptors (Lipinski definition) is 1. The van der Waals surface area contributed by atoms with Crippen LogP contribution in [0, 0.1) is 10.5 Å². The lowest BCUT2D eigenvalue weighted by atomic mass is 10.2. The maximum Gasteiger partial charge on any atom is 0.135 e. The molecule has 1 rings (SSSR count). The van der Waals surface area contributed by atoms with Crippen molar-refractivity contribution in [3.63, 3.8) is 0 Å². The molecule has 0 saturated carbocycles. The van der Waals surface area contributed by atoms with Crippen LogP contribution in [0.15, 0.2) is 12.1 Å². The first kappa shape index (κ1) is 9.13. The molecule has 0 fully saturated rings. The maximum atomic E-state index is 5.82. The van der Waals surface area contributed by atoms with Gasteiger partial charge in [-0.3, -0.25) is 0 Å². The summed E-state index contributed by atoms with van der Waals surface area (Å²) >= 11 is 8.02. The molecule has 0 aliphatic rings.